The molecule has 2 aromatic rings. The van der Waals surface area contributed by atoms with E-state index in [2.05, 4.69) is 24.5 Å². The van der Waals surface area contributed by atoms with Gasteiger partial charge in [0, 0.05) is 23.3 Å². The molecule has 0 radical (unpaired) electrons. The molecule has 2 saturated heterocycles. The molecule has 42 heavy (non-hydrogen) atoms. The van der Waals surface area contributed by atoms with Gasteiger partial charge in [0.2, 0.25) is 17.7 Å². The summed E-state index contributed by atoms with van der Waals surface area (Å²) in [6.45, 7) is 4.64. The van der Waals surface area contributed by atoms with Crippen LogP contribution in [0.1, 0.15) is 38.7 Å². The highest BCUT2D eigenvalue weighted by molar-refractivity contribution is 6.31. The Hall–Kier alpha value is -2.94. The predicted molar refractivity (Wildman–Crippen MR) is 159 cm³/mol. The van der Waals surface area contributed by atoms with Gasteiger partial charge in [-0.1, -0.05) is 74.2 Å². The molecule has 6 rings (SSSR count). The van der Waals surface area contributed by atoms with Crippen molar-refractivity contribution in [2.45, 2.75) is 63.3 Å². The summed E-state index contributed by atoms with van der Waals surface area (Å²) in [6, 6.07) is 10.4. The van der Waals surface area contributed by atoms with Crippen LogP contribution in [0.4, 0.5) is 10.1 Å². The van der Waals surface area contributed by atoms with Crippen LogP contribution in [-0.4, -0.2) is 53.0 Å². The summed E-state index contributed by atoms with van der Waals surface area (Å²) in [5.74, 6) is -2.56. The minimum atomic E-state index is -1.27. The van der Waals surface area contributed by atoms with Crippen molar-refractivity contribution in [2.75, 3.05) is 11.9 Å². The molecule has 2 aromatic carbocycles. The lowest BCUT2D eigenvalue weighted by atomic mass is 9.73. The highest BCUT2D eigenvalue weighted by Gasteiger charge is 2.72. The van der Waals surface area contributed by atoms with Crippen molar-refractivity contribution >= 4 is 46.6 Å². The van der Waals surface area contributed by atoms with Gasteiger partial charge in [-0.05, 0) is 60.6 Å². The summed E-state index contributed by atoms with van der Waals surface area (Å²) >= 11 is 12.0. The summed E-state index contributed by atoms with van der Waals surface area (Å²) < 4.78 is 20.1. The third-order valence-corrected chi connectivity index (χ3v) is 10.2. The van der Waals surface area contributed by atoms with Crippen LogP contribution in [0, 0.1) is 29.5 Å². The SMILES string of the molecule is C[C@@H]1[C@H](C)CCC[C@@H]1NC(=O)[C@@H]1N(CCc2ccc(Cl)cc2)C(=O)[C@@H]2[C@H](C(=O)Nc3ccc(F)c(Cl)c3)[C@@H]3C=C[C@]21O3. The molecule has 10 heteroatoms. The molecule has 3 fully saturated rings. The van der Waals surface area contributed by atoms with Gasteiger partial charge in [0.05, 0.1) is 23.0 Å². The van der Waals surface area contributed by atoms with Gasteiger partial charge in [0.15, 0.2) is 0 Å². The van der Waals surface area contributed by atoms with Crippen molar-refractivity contribution in [3.63, 3.8) is 0 Å². The maximum atomic E-state index is 14.2. The number of nitrogens with one attached hydrogen (secondary N) is 2. The fourth-order valence-electron chi connectivity index (χ4n) is 7.26. The number of likely N-dealkylation sites (tertiary alicyclic amines) is 1. The summed E-state index contributed by atoms with van der Waals surface area (Å²) in [4.78, 5) is 43.6. The van der Waals surface area contributed by atoms with Crippen LogP contribution in [0.15, 0.2) is 54.6 Å². The van der Waals surface area contributed by atoms with Gasteiger partial charge in [0.1, 0.15) is 17.5 Å². The van der Waals surface area contributed by atoms with Gasteiger partial charge in [0.25, 0.3) is 0 Å². The van der Waals surface area contributed by atoms with E-state index in [0.717, 1.165) is 24.8 Å². The summed E-state index contributed by atoms with van der Waals surface area (Å²) in [6.07, 6.45) is 6.45. The van der Waals surface area contributed by atoms with Crippen molar-refractivity contribution in [3.05, 3.63) is 76.0 Å². The first kappa shape index (κ1) is 29.1. The summed E-state index contributed by atoms with van der Waals surface area (Å²) in [5.41, 5.74) is 0.0171. The average molecular weight is 615 g/mol. The van der Waals surface area contributed by atoms with Crippen molar-refractivity contribution < 1.29 is 23.5 Å². The van der Waals surface area contributed by atoms with Gasteiger partial charge in [-0.25, -0.2) is 4.39 Å². The van der Waals surface area contributed by atoms with Gasteiger partial charge >= 0.3 is 0 Å². The number of anilines is 1. The van der Waals surface area contributed by atoms with E-state index in [9.17, 15) is 18.8 Å². The molecule has 3 amide bonds. The number of halogens is 3. The number of benzene rings is 2. The number of nitrogens with zero attached hydrogens (tertiary/aromatic N) is 1. The van der Waals surface area contributed by atoms with Crippen LogP contribution in [0.3, 0.4) is 0 Å². The van der Waals surface area contributed by atoms with E-state index in [1.54, 1.807) is 29.2 Å². The smallest absolute Gasteiger partial charge is 0.246 e. The zero-order chi connectivity index (χ0) is 29.8. The van der Waals surface area contributed by atoms with E-state index in [-0.39, 0.29) is 29.4 Å². The first-order chi connectivity index (χ1) is 20.1. The number of amides is 3. The Kier molecular flexibility index (Phi) is 7.83. The van der Waals surface area contributed by atoms with Crippen molar-refractivity contribution in [3.8, 4) is 0 Å². The highest BCUT2D eigenvalue weighted by Crippen LogP contribution is 2.55. The van der Waals surface area contributed by atoms with Crippen LogP contribution in [0.2, 0.25) is 10.0 Å². The maximum Gasteiger partial charge on any atom is 0.246 e. The minimum absolute atomic E-state index is 0.00480. The molecule has 3 heterocycles. The number of fused-ring (bicyclic) bond motifs is 1. The molecule has 8 atom stereocenters. The second kappa shape index (κ2) is 11.3. The predicted octanol–water partition coefficient (Wildman–Crippen LogP) is 5.41. The molecule has 2 bridgehead atoms. The Morgan fingerprint density at radius 1 is 1.10 bits per heavy atom. The standard InChI is InChI=1S/C32H34Cl2FN3O4/c1-17-4-3-5-24(18(17)2)37-30(40)28-32-14-12-25(42-32)26(29(39)36-21-10-11-23(35)22(34)16-21)27(32)31(41)38(28)15-13-19-6-8-20(33)9-7-19/h6-12,14,16-18,24-28H,3-5,13,15H2,1-2H3,(H,36,39)(H,37,40)/t17-,18-,24+,25+,26-,27+,28+,32+/m1/s1. The Balaban J connectivity index is 1.30. The van der Waals surface area contributed by atoms with Crippen molar-refractivity contribution in [1.29, 1.82) is 0 Å². The number of ether oxygens (including phenoxy) is 1. The number of rotatable bonds is 7. The number of carbonyl (C=O) groups is 3. The maximum absolute atomic E-state index is 14.2. The summed E-state index contributed by atoms with van der Waals surface area (Å²) in [5, 5.41) is 6.54. The Labute approximate surface area is 254 Å². The largest absolute Gasteiger partial charge is 0.359 e. The molecule has 1 aliphatic carbocycles. The molecule has 1 spiro atoms. The quantitative estimate of drug-likeness (QED) is 0.409. The van der Waals surface area contributed by atoms with Gasteiger partial charge in [-0.2, -0.15) is 0 Å². The van der Waals surface area contributed by atoms with E-state index < -0.39 is 41.3 Å². The Morgan fingerprint density at radius 3 is 2.60 bits per heavy atom. The monoisotopic (exact) mass is 613 g/mol. The molecule has 3 aliphatic heterocycles. The average Bonchev–Trinajstić information content (AvgIpc) is 3.60. The van der Waals surface area contributed by atoms with E-state index >= 15 is 0 Å². The zero-order valence-electron chi connectivity index (χ0n) is 23.5. The van der Waals surface area contributed by atoms with Crippen LogP contribution in [0.5, 0.6) is 0 Å². The van der Waals surface area contributed by atoms with E-state index in [1.807, 2.05) is 12.1 Å². The lowest BCUT2D eigenvalue weighted by molar-refractivity contribution is -0.141. The molecule has 0 aromatic heterocycles. The first-order valence-corrected chi connectivity index (χ1v) is 15.3. The molecule has 1 saturated carbocycles. The van der Waals surface area contributed by atoms with Crippen molar-refractivity contribution in [1.82, 2.24) is 10.2 Å². The van der Waals surface area contributed by atoms with Crippen LogP contribution in [0.25, 0.3) is 0 Å². The lowest BCUT2D eigenvalue weighted by Crippen LogP contribution is -2.58. The topological polar surface area (TPSA) is 87.7 Å². The van der Waals surface area contributed by atoms with Crippen LogP contribution < -0.4 is 10.6 Å². The Morgan fingerprint density at radius 2 is 1.86 bits per heavy atom. The fraction of sp³-hybridized carbons (Fsp3) is 0.469. The fourth-order valence-corrected chi connectivity index (χ4v) is 7.56. The number of hydrogen-bond acceptors (Lipinski definition) is 4. The molecule has 2 N–H and O–H groups in total. The highest BCUT2D eigenvalue weighted by atomic mass is 35.5. The number of carbonyl (C=O) groups excluding carboxylic acids is 3. The Bertz CT molecular complexity index is 1440. The number of hydrogen-bond donors (Lipinski definition) is 2. The van der Waals surface area contributed by atoms with Crippen LogP contribution in [-0.2, 0) is 25.5 Å². The van der Waals surface area contributed by atoms with Gasteiger partial charge < -0.3 is 20.3 Å². The van der Waals surface area contributed by atoms with Gasteiger partial charge in [-0.15, -0.1) is 0 Å². The third kappa shape index (κ3) is 5.01. The van der Waals surface area contributed by atoms with Gasteiger partial charge in [-0.3, -0.25) is 14.4 Å². The molecule has 222 valence electrons. The second-order valence-corrected chi connectivity index (χ2v) is 13.0. The third-order valence-electron chi connectivity index (χ3n) is 9.70. The zero-order valence-corrected chi connectivity index (χ0v) is 25.0. The van der Waals surface area contributed by atoms with E-state index in [4.69, 9.17) is 27.9 Å². The van der Waals surface area contributed by atoms with Crippen molar-refractivity contribution in [2.24, 2.45) is 23.7 Å². The molecular formula is C32H34Cl2FN3O4. The normalized spacial score (nSPS) is 33.1. The van der Waals surface area contributed by atoms with E-state index in [0.29, 0.717) is 29.0 Å². The second-order valence-electron chi connectivity index (χ2n) is 12.1. The molecular weight excluding hydrogens is 580 g/mol. The molecule has 0 unspecified atom stereocenters. The molecule has 4 aliphatic rings. The van der Waals surface area contributed by atoms with Crippen LogP contribution >= 0.6 is 23.2 Å². The lowest BCUT2D eigenvalue weighted by Gasteiger charge is -2.38. The minimum Gasteiger partial charge on any atom is -0.359 e. The first-order valence-electron chi connectivity index (χ1n) is 14.6. The van der Waals surface area contributed by atoms with E-state index in [1.165, 1.54) is 18.2 Å². The summed E-state index contributed by atoms with van der Waals surface area (Å²) in [7, 11) is 0. The molecule has 7 nitrogen and oxygen atoms in total.